The van der Waals surface area contributed by atoms with E-state index < -0.39 is 6.10 Å². The first-order chi connectivity index (χ1) is 33.5. The smallest absolute Gasteiger partial charge is 0.306 e. The number of unbranched alkanes of at least 4 members (excludes halogenated alkanes) is 15. The SMILES string of the molecule is CC\C=C/C=C\C=C/C=C\C=C/CCCCCC(=O)OCC(COC(=O)CC/C=C\C/C=C\C/C=C\C/C=C\C/C=C\C/C=C\CC)OC(=O)CCCCCCC/C=C\CCCCCCCCC. The summed E-state index contributed by atoms with van der Waals surface area (Å²) in [5.41, 5.74) is 0. The van der Waals surface area contributed by atoms with Crippen LogP contribution in [0.15, 0.2) is 146 Å². The van der Waals surface area contributed by atoms with Crippen LogP contribution in [0.25, 0.3) is 0 Å². The predicted octanol–water partition coefficient (Wildman–Crippen LogP) is 18.0. The van der Waals surface area contributed by atoms with Crippen LogP contribution in [-0.4, -0.2) is 37.2 Å². The maximum atomic E-state index is 12.8. The second-order valence-electron chi connectivity index (χ2n) is 17.1. The third-order valence-electron chi connectivity index (χ3n) is 10.7. The Balaban J connectivity index is 4.61. The summed E-state index contributed by atoms with van der Waals surface area (Å²) in [5, 5.41) is 0. The third-order valence-corrected chi connectivity index (χ3v) is 10.7. The Labute approximate surface area is 417 Å². The van der Waals surface area contributed by atoms with Crippen LogP contribution >= 0.6 is 0 Å². The molecule has 0 radical (unpaired) electrons. The summed E-state index contributed by atoms with van der Waals surface area (Å²) in [6.45, 7) is 6.25. The van der Waals surface area contributed by atoms with E-state index in [4.69, 9.17) is 14.2 Å². The molecule has 0 aromatic rings. The molecule has 380 valence electrons. The molecule has 0 fully saturated rings. The van der Waals surface area contributed by atoms with Gasteiger partial charge in [-0.25, -0.2) is 0 Å². The van der Waals surface area contributed by atoms with Crippen molar-refractivity contribution in [2.24, 2.45) is 0 Å². The van der Waals surface area contributed by atoms with Gasteiger partial charge in [-0.3, -0.25) is 14.4 Å². The number of esters is 3. The number of allylic oxidation sites excluding steroid dienone is 24. The van der Waals surface area contributed by atoms with E-state index in [1.807, 2.05) is 60.8 Å². The van der Waals surface area contributed by atoms with Crippen molar-refractivity contribution >= 4 is 17.9 Å². The van der Waals surface area contributed by atoms with E-state index >= 15 is 0 Å². The van der Waals surface area contributed by atoms with Gasteiger partial charge in [0.2, 0.25) is 0 Å². The summed E-state index contributed by atoms with van der Waals surface area (Å²) in [7, 11) is 0. The van der Waals surface area contributed by atoms with Crippen molar-refractivity contribution in [3.05, 3.63) is 146 Å². The lowest BCUT2D eigenvalue weighted by molar-refractivity contribution is -0.166. The van der Waals surface area contributed by atoms with Gasteiger partial charge in [-0.2, -0.15) is 0 Å². The molecular formula is C62H96O6. The lowest BCUT2D eigenvalue weighted by Crippen LogP contribution is -2.30. The molecule has 0 heterocycles. The Morgan fingerprint density at radius 3 is 1.18 bits per heavy atom. The number of carbonyl (C=O) groups excluding carboxylic acids is 3. The van der Waals surface area contributed by atoms with E-state index in [0.29, 0.717) is 12.8 Å². The second-order valence-corrected chi connectivity index (χ2v) is 17.1. The average Bonchev–Trinajstić information content (AvgIpc) is 3.34. The minimum Gasteiger partial charge on any atom is -0.462 e. The van der Waals surface area contributed by atoms with E-state index in [1.165, 1.54) is 57.8 Å². The lowest BCUT2D eigenvalue weighted by Gasteiger charge is -2.18. The summed E-state index contributed by atoms with van der Waals surface area (Å²) in [6, 6.07) is 0. The highest BCUT2D eigenvalue weighted by atomic mass is 16.6. The maximum Gasteiger partial charge on any atom is 0.306 e. The van der Waals surface area contributed by atoms with Crippen molar-refractivity contribution in [3.8, 4) is 0 Å². The van der Waals surface area contributed by atoms with Crippen molar-refractivity contribution in [2.75, 3.05) is 13.2 Å². The van der Waals surface area contributed by atoms with E-state index in [1.54, 1.807) is 0 Å². The van der Waals surface area contributed by atoms with Gasteiger partial charge in [0.15, 0.2) is 6.10 Å². The van der Waals surface area contributed by atoms with Gasteiger partial charge in [-0.05, 0) is 103 Å². The van der Waals surface area contributed by atoms with Crippen LogP contribution in [0.2, 0.25) is 0 Å². The first kappa shape index (κ1) is 63.3. The van der Waals surface area contributed by atoms with Gasteiger partial charge in [0, 0.05) is 19.3 Å². The molecule has 0 bridgehead atoms. The minimum absolute atomic E-state index is 0.133. The number of carbonyl (C=O) groups is 3. The van der Waals surface area contributed by atoms with E-state index in [0.717, 1.165) is 96.3 Å². The number of hydrogen-bond donors (Lipinski definition) is 0. The van der Waals surface area contributed by atoms with E-state index in [2.05, 4.69) is 106 Å². The molecule has 0 aromatic heterocycles. The van der Waals surface area contributed by atoms with Gasteiger partial charge in [0.25, 0.3) is 0 Å². The zero-order valence-corrected chi connectivity index (χ0v) is 43.3. The zero-order valence-electron chi connectivity index (χ0n) is 43.3. The molecule has 0 aliphatic carbocycles. The summed E-state index contributed by atoms with van der Waals surface area (Å²) in [6.07, 6.45) is 78.4. The standard InChI is InChI=1S/C62H96O6/c1-4-7-10-13-16-19-22-25-28-30-31-32-35-37-40-43-46-49-52-55-61(64)67-58-59(57-66-60(63)54-51-48-45-42-39-36-33-27-24-21-18-15-12-9-6-3)68-62(65)56-53-50-47-44-41-38-34-29-26-23-20-17-14-11-8-5-2/h7,9-10,12,15-16,18-19,21,24-25,27-29,31-34,36-37,39-40,46,49,59H,4-6,8,11,13-14,17,20,22-23,26,30,35,38,41-45,47-48,50-58H2,1-3H3/b10-7-,12-9-,18-15-,19-16-,24-21-,28-25-,32-31-,33-27-,34-29-,39-36-,40-37-,49-46-. The van der Waals surface area contributed by atoms with Crippen LogP contribution in [-0.2, 0) is 28.6 Å². The van der Waals surface area contributed by atoms with Crippen molar-refractivity contribution in [3.63, 3.8) is 0 Å². The Hall–Kier alpha value is -4.71. The van der Waals surface area contributed by atoms with E-state index in [9.17, 15) is 14.4 Å². The summed E-state index contributed by atoms with van der Waals surface area (Å²) < 4.78 is 16.7. The zero-order chi connectivity index (χ0) is 49.3. The Morgan fingerprint density at radius 1 is 0.324 bits per heavy atom. The van der Waals surface area contributed by atoms with Crippen LogP contribution in [0, 0.1) is 0 Å². The second kappa shape index (κ2) is 54.9. The highest BCUT2D eigenvalue weighted by molar-refractivity contribution is 5.71. The molecule has 0 aliphatic rings. The Morgan fingerprint density at radius 2 is 0.676 bits per heavy atom. The fourth-order valence-corrected chi connectivity index (χ4v) is 6.72. The highest BCUT2D eigenvalue weighted by Gasteiger charge is 2.19. The minimum atomic E-state index is -0.837. The number of rotatable bonds is 46. The molecule has 0 saturated carbocycles. The lowest BCUT2D eigenvalue weighted by atomic mass is 10.1. The fraction of sp³-hybridized carbons (Fsp3) is 0.565. The number of hydrogen-bond acceptors (Lipinski definition) is 6. The quantitative estimate of drug-likeness (QED) is 0.0199. The molecule has 0 aliphatic heterocycles. The van der Waals surface area contributed by atoms with E-state index in [-0.39, 0.29) is 50.4 Å². The Bertz CT molecular complexity index is 1540. The molecule has 0 amide bonds. The number of ether oxygens (including phenoxy) is 3. The Kier molecular flexibility index (Phi) is 51.1. The van der Waals surface area contributed by atoms with Crippen LogP contribution in [0.1, 0.15) is 207 Å². The topological polar surface area (TPSA) is 78.9 Å². The maximum absolute atomic E-state index is 12.8. The van der Waals surface area contributed by atoms with Crippen molar-refractivity contribution < 1.29 is 28.6 Å². The molecule has 0 aromatic carbocycles. The third kappa shape index (κ3) is 52.3. The molecule has 0 rings (SSSR count). The van der Waals surface area contributed by atoms with Crippen LogP contribution < -0.4 is 0 Å². The fourth-order valence-electron chi connectivity index (χ4n) is 6.72. The van der Waals surface area contributed by atoms with Crippen molar-refractivity contribution in [1.82, 2.24) is 0 Å². The average molecular weight is 937 g/mol. The van der Waals surface area contributed by atoms with Gasteiger partial charge in [0.05, 0.1) is 0 Å². The van der Waals surface area contributed by atoms with Crippen LogP contribution in [0.3, 0.4) is 0 Å². The van der Waals surface area contributed by atoms with Gasteiger partial charge in [-0.1, -0.05) is 231 Å². The molecule has 0 saturated heterocycles. The van der Waals surface area contributed by atoms with Gasteiger partial charge < -0.3 is 14.2 Å². The van der Waals surface area contributed by atoms with Crippen molar-refractivity contribution in [2.45, 2.75) is 213 Å². The van der Waals surface area contributed by atoms with Crippen LogP contribution in [0.5, 0.6) is 0 Å². The molecular weight excluding hydrogens is 841 g/mol. The first-order valence-corrected chi connectivity index (χ1v) is 26.9. The molecule has 0 spiro atoms. The molecule has 6 nitrogen and oxygen atoms in total. The van der Waals surface area contributed by atoms with Gasteiger partial charge in [0.1, 0.15) is 13.2 Å². The largest absolute Gasteiger partial charge is 0.462 e. The summed E-state index contributed by atoms with van der Waals surface area (Å²) in [4.78, 5) is 38.0. The monoisotopic (exact) mass is 937 g/mol. The highest BCUT2D eigenvalue weighted by Crippen LogP contribution is 2.13. The first-order valence-electron chi connectivity index (χ1n) is 26.9. The summed E-state index contributed by atoms with van der Waals surface area (Å²) in [5.74, 6) is -1.07. The van der Waals surface area contributed by atoms with Gasteiger partial charge in [-0.15, -0.1) is 0 Å². The molecule has 0 N–H and O–H groups in total. The normalized spacial score (nSPS) is 13.3. The molecule has 6 heteroatoms. The van der Waals surface area contributed by atoms with Crippen molar-refractivity contribution in [1.29, 1.82) is 0 Å². The van der Waals surface area contributed by atoms with Gasteiger partial charge >= 0.3 is 17.9 Å². The molecule has 1 unspecified atom stereocenters. The molecule has 68 heavy (non-hydrogen) atoms. The van der Waals surface area contributed by atoms with Crippen LogP contribution in [0.4, 0.5) is 0 Å². The predicted molar refractivity (Wildman–Crippen MR) is 292 cm³/mol. The molecule has 1 atom stereocenters. The summed E-state index contributed by atoms with van der Waals surface area (Å²) >= 11 is 0.